The number of aliphatic hydroxyl groups excluding tert-OH is 1. The molecule has 1 aliphatic carbocycles. The third-order valence-electron chi connectivity index (χ3n) is 3.42. The van der Waals surface area contributed by atoms with Crippen molar-refractivity contribution in [3.05, 3.63) is 35.4 Å². The van der Waals surface area contributed by atoms with Crippen molar-refractivity contribution in [2.45, 2.75) is 26.2 Å². The molecule has 0 atom stereocenters. The fraction of sp³-hybridized carbons (Fsp3) is 0.471. The zero-order chi connectivity index (χ0) is 14.4. The molecule has 2 rings (SSSR count). The number of carbonyl (C=O) groups excluding carboxylic acids is 1. The maximum Gasteiger partial charge on any atom is 0.255 e. The molecule has 0 unspecified atom stereocenters. The van der Waals surface area contributed by atoms with Crippen molar-refractivity contribution in [2.75, 3.05) is 19.7 Å². The van der Waals surface area contributed by atoms with E-state index in [9.17, 15) is 4.79 Å². The van der Waals surface area contributed by atoms with Crippen LogP contribution in [0.1, 0.15) is 42.1 Å². The standard InChI is InChI=1S/C17H21NO2/c1-2-11-18(13-14-9-10-14)17(20)16-8-4-3-6-15(16)7-5-12-19/h3-4,6,8,14,19H,2,9-13H2,1H3. The van der Waals surface area contributed by atoms with Gasteiger partial charge in [-0.25, -0.2) is 0 Å². The molecule has 3 heteroatoms. The average Bonchev–Trinajstić information content (AvgIpc) is 3.28. The Kier molecular flexibility index (Phi) is 5.20. The van der Waals surface area contributed by atoms with Gasteiger partial charge in [0.25, 0.3) is 5.91 Å². The minimum atomic E-state index is -0.191. The number of amides is 1. The number of hydrogen-bond donors (Lipinski definition) is 1. The van der Waals surface area contributed by atoms with Gasteiger partial charge in [0, 0.05) is 18.7 Å². The van der Waals surface area contributed by atoms with Gasteiger partial charge < -0.3 is 10.0 Å². The summed E-state index contributed by atoms with van der Waals surface area (Å²) in [6, 6.07) is 7.37. The molecule has 0 aromatic heterocycles. The fourth-order valence-electron chi connectivity index (χ4n) is 2.24. The largest absolute Gasteiger partial charge is 0.384 e. The second kappa shape index (κ2) is 7.12. The maximum atomic E-state index is 12.7. The van der Waals surface area contributed by atoms with Crippen LogP contribution < -0.4 is 0 Å². The van der Waals surface area contributed by atoms with Gasteiger partial charge in [-0.15, -0.1) is 0 Å². The minimum Gasteiger partial charge on any atom is -0.384 e. The third kappa shape index (κ3) is 3.85. The number of benzene rings is 1. The summed E-state index contributed by atoms with van der Waals surface area (Å²) >= 11 is 0. The van der Waals surface area contributed by atoms with Crippen LogP contribution in [-0.2, 0) is 0 Å². The highest BCUT2D eigenvalue weighted by molar-refractivity contribution is 5.96. The van der Waals surface area contributed by atoms with Crippen LogP contribution >= 0.6 is 0 Å². The molecule has 0 bridgehead atoms. The molecule has 106 valence electrons. The molecule has 1 saturated carbocycles. The first-order valence-corrected chi connectivity index (χ1v) is 7.24. The van der Waals surface area contributed by atoms with Crippen LogP contribution in [0.2, 0.25) is 0 Å². The van der Waals surface area contributed by atoms with Crippen LogP contribution in [0, 0.1) is 17.8 Å². The summed E-state index contributed by atoms with van der Waals surface area (Å²) < 4.78 is 0. The Bertz CT molecular complexity index is 523. The molecule has 1 aromatic rings. The first-order chi connectivity index (χ1) is 9.76. The molecule has 20 heavy (non-hydrogen) atoms. The first kappa shape index (κ1) is 14.6. The highest BCUT2D eigenvalue weighted by atomic mass is 16.2. The summed E-state index contributed by atoms with van der Waals surface area (Å²) in [4.78, 5) is 14.6. The molecule has 1 fully saturated rings. The van der Waals surface area contributed by atoms with Gasteiger partial charge in [0.2, 0.25) is 0 Å². The molecule has 0 aliphatic heterocycles. The van der Waals surface area contributed by atoms with Crippen molar-refractivity contribution in [3.63, 3.8) is 0 Å². The number of aliphatic hydroxyl groups is 1. The second-order valence-corrected chi connectivity index (χ2v) is 5.20. The van der Waals surface area contributed by atoms with E-state index in [0.717, 1.165) is 19.5 Å². The van der Waals surface area contributed by atoms with Gasteiger partial charge in [-0.05, 0) is 37.3 Å². The molecule has 0 spiro atoms. The number of nitrogens with zero attached hydrogens (tertiary/aromatic N) is 1. The van der Waals surface area contributed by atoms with Gasteiger partial charge in [0.05, 0.1) is 5.56 Å². The lowest BCUT2D eigenvalue weighted by atomic mass is 10.1. The normalized spacial score (nSPS) is 13.5. The molecule has 0 radical (unpaired) electrons. The zero-order valence-electron chi connectivity index (χ0n) is 11.9. The monoisotopic (exact) mass is 271 g/mol. The molecule has 1 amide bonds. The summed E-state index contributed by atoms with van der Waals surface area (Å²) in [7, 11) is 0. The predicted octanol–water partition coefficient (Wildman–Crippen LogP) is 2.29. The Labute approximate surface area is 120 Å². The van der Waals surface area contributed by atoms with E-state index >= 15 is 0 Å². The molecular weight excluding hydrogens is 250 g/mol. The van der Waals surface area contributed by atoms with Crippen molar-refractivity contribution in [1.82, 2.24) is 4.90 Å². The van der Waals surface area contributed by atoms with Crippen LogP contribution in [0.3, 0.4) is 0 Å². The lowest BCUT2D eigenvalue weighted by molar-refractivity contribution is 0.0747. The molecular formula is C17H21NO2. The van der Waals surface area contributed by atoms with Crippen molar-refractivity contribution >= 4 is 5.91 Å². The van der Waals surface area contributed by atoms with Gasteiger partial charge in [-0.1, -0.05) is 30.9 Å². The summed E-state index contributed by atoms with van der Waals surface area (Å²) in [5.74, 6) is 6.22. The van der Waals surface area contributed by atoms with Crippen LogP contribution in [-0.4, -0.2) is 35.6 Å². The Morgan fingerprint density at radius 2 is 2.15 bits per heavy atom. The molecule has 1 N–H and O–H groups in total. The molecule has 1 aliphatic rings. The number of hydrogen-bond acceptors (Lipinski definition) is 2. The number of carbonyl (C=O) groups is 1. The van der Waals surface area contributed by atoms with E-state index in [1.807, 2.05) is 29.2 Å². The second-order valence-electron chi connectivity index (χ2n) is 5.20. The van der Waals surface area contributed by atoms with Crippen molar-refractivity contribution in [2.24, 2.45) is 5.92 Å². The highest BCUT2D eigenvalue weighted by Crippen LogP contribution is 2.30. The maximum absolute atomic E-state index is 12.7. The Hall–Kier alpha value is -1.79. The predicted molar refractivity (Wildman–Crippen MR) is 79.3 cm³/mol. The molecule has 0 saturated heterocycles. The van der Waals surface area contributed by atoms with E-state index in [4.69, 9.17) is 5.11 Å². The van der Waals surface area contributed by atoms with Crippen molar-refractivity contribution in [3.8, 4) is 11.8 Å². The summed E-state index contributed by atoms with van der Waals surface area (Å²) in [6.45, 7) is 3.54. The van der Waals surface area contributed by atoms with E-state index in [1.54, 1.807) is 0 Å². The van der Waals surface area contributed by atoms with E-state index < -0.39 is 0 Å². The third-order valence-corrected chi connectivity index (χ3v) is 3.42. The summed E-state index contributed by atoms with van der Waals surface area (Å²) in [5, 5.41) is 8.81. The number of rotatable bonds is 5. The van der Waals surface area contributed by atoms with Crippen molar-refractivity contribution in [1.29, 1.82) is 0 Å². The smallest absolute Gasteiger partial charge is 0.255 e. The lowest BCUT2D eigenvalue weighted by Gasteiger charge is -2.22. The van der Waals surface area contributed by atoms with Gasteiger partial charge >= 0.3 is 0 Å². The summed E-state index contributed by atoms with van der Waals surface area (Å²) in [5.41, 5.74) is 1.34. The topological polar surface area (TPSA) is 40.5 Å². The van der Waals surface area contributed by atoms with Gasteiger partial charge in [-0.3, -0.25) is 4.79 Å². The zero-order valence-corrected chi connectivity index (χ0v) is 11.9. The van der Waals surface area contributed by atoms with Crippen LogP contribution in [0.4, 0.5) is 0 Å². The van der Waals surface area contributed by atoms with Crippen molar-refractivity contribution < 1.29 is 9.90 Å². The Morgan fingerprint density at radius 1 is 1.40 bits per heavy atom. The van der Waals surface area contributed by atoms with E-state index in [1.165, 1.54) is 12.8 Å². The summed E-state index contributed by atoms with van der Waals surface area (Å²) in [6.07, 6.45) is 3.43. The van der Waals surface area contributed by atoms with Gasteiger partial charge in [-0.2, -0.15) is 0 Å². The Balaban J connectivity index is 2.20. The van der Waals surface area contributed by atoms with Gasteiger partial charge in [0.1, 0.15) is 6.61 Å². The van der Waals surface area contributed by atoms with E-state index in [0.29, 0.717) is 17.0 Å². The highest BCUT2D eigenvalue weighted by Gasteiger charge is 2.27. The molecule has 1 aromatic carbocycles. The molecule has 0 heterocycles. The van der Waals surface area contributed by atoms with E-state index in [-0.39, 0.29) is 12.5 Å². The van der Waals surface area contributed by atoms with Crippen LogP contribution in [0.15, 0.2) is 24.3 Å². The fourth-order valence-corrected chi connectivity index (χ4v) is 2.24. The van der Waals surface area contributed by atoms with Crippen LogP contribution in [0.5, 0.6) is 0 Å². The quantitative estimate of drug-likeness (QED) is 0.835. The lowest BCUT2D eigenvalue weighted by Crippen LogP contribution is -2.34. The minimum absolute atomic E-state index is 0.0570. The van der Waals surface area contributed by atoms with E-state index in [2.05, 4.69) is 18.8 Å². The first-order valence-electron chi connectivity index (χ1n) is 7.24. The average molecular weight is 271 g/mol. The Morgan fingerprint density at radius 3 is 2.80 bits per heavy atom. The SMILES string of the molecule is CCCN(CC1CC1)C(=O)c1ccccc1C#CCO. The van der Waals surface area contributed by atoms with Crippen LogP contribution in [0.25, 0.3) is 0 Å². The van der Waals surface area contributed by atoms with Gasteiger partial charge in [0.15, 0.2) is 0 Å². The molecule has 3 nitrogen and oxygen atoms in total.